The van der Waals surface area contributed by atoms with Gasteiger partial charge in [0.2, 0.25) is 10.9 Å². The standard InChI is InChI=1S/C14H24N2O2/c1-14(2,3)10-11(13(18)12(10)17)16(5)9-7-6-8-15-4/h15H,6-9H2,1-5H3. The van der Waals surface area contributed by atoms with E-state index >= 15 is 0 Å². The van der Waals surface area contributed by atoms with Gasteiger partial charge in [0.25, 0.3) is 0 Å². The van der Waals surface area contributed by atoms with Crippen LogP contribution in [0.15, 0.2) is 9.59 Å². The number of anilines is 1. The lowest BCUT2D eigenvalue weighted by Crippen LogP contribution is -2.46. The SMILES string of the molecule is CNCCCCN(C)c1c(C(C)(C)C)c(=O)c1=O. The normalized spacial score (nSPS) is 12.1. The summed E-state index contributed by atoms with van der Waals surface area (Å²) in [7, 11) is 3.82. The first-order valence-corrected chi connectivity index (χ1v) is 6.50. The quantitative estimate of drug-likeness (QED) is 0.606. The van der Waals surface area contributed by atoms with Crippen molar-refractivity contribution >= 4 is 5.69 Å². The summed E-state index contributed by atoms with van der Waals surface area (Å²) in [6, 6.07) is 0. The molecular weight excluding hydrogens is 228 g/mol. The van der Waals surface area contributed by atoms with Crippen molar-refractivity contribution in [1.29, 1.82) is 0 Å². The number of unbranched alkanes of at least 4 members (excludes halogenated alkanes) is 1. The predicted octanol–water partition coefficient (Wildman–Crippen LogP) is 1.02. The maximum absolute atomic E-state index is 11.7. The Balaban J connectivity index is 2.75. The molecule has 102 valence electrons. The van der Waals surface area contributed by atoms with Crippen molar-refractivity contribution in [2.24, 2.45) is 0 Å². The first-order valence-electron chi connectivity index (χ1n) is 6.50. The first-order chi connectivity index (χ1) is 8.30. The molecule has 0 atom stereocenters. The number of rotatable bonds is 6. The first kappa shape index (κ1) is 14.9. The van der Waals surface area contributed by atoms with E-state index in [0.29, 0.717) is 11.3 Å². The highest BCUT2D eigenvalue weighted by Gasteiger charge is 2.31. The molecule has 0 heterocycles. The van der Waals surface area contributed by atoms with E-state index in [2.05, 4.69) is 5.32 Å². The molecule has 0 radical (unpaired) electrons. The van der Waals surface area contributed by atoms with Gasteiger partial charge in [-0.05, 0) is 31.8 Å². The van der Waals surface area contributed by atoms with Crippen molar-refractivity contribution in [3.05, 3.63) is 26.0 Å². The van der Waals surface area contributed by atoms with Crippen LogP contribution in [0.2, 0.25) is 0 Å². The fraction of sp³-hybridized carbons (Fsp3) is 0.714. The van der Waals surface area contributed by atoms with E-state index < -0.39 is 0 Å². The van der Waals surface area contributed by atoms with Crippen LogP contribution in [0, 0.1) is 0 Å². The minimum Gasteiger partial charge on any atom is -0.371 e. The number of nitrogens with one attached hydrogen (secondary N) is 1. The molecule has 0 unspecified atom stereocenters. The smallest absolute Gasteiger partial charge is 0.249 e. The fourth-order valence-electron chi connectivity index (χ4n) is 2.20. The third-order valence-corrected chi connectivity index (χ3v) is 3.19. The Bertz CT molecular complexity index is 465. The van der Waals surface area contributed by atoms with E-state index in [1.54, 1.807) is 0 Å². The molecule has 18 heavy (non-hydrogen) atoms. The molecule has 0 aromatic heterocycles. The average Bonchev–Trinajstić information content (AvgIpc) is 2.28. The third kappa shape index (κ3) is 2.99. The van der Waals surface area contributed by atoms with Crippen LogP contribution in [0.5, 0.6) is 0 Å². The van der Waals surface area contributed by atoms with Crippen LogP contribution >= 0.6 is 0 Å². The van der Waals surface area contributed by atoms with Crippen molar-refractivity contribution in [3.63, 3.8) is 0 Å². The van der Waals surface area contributed by atoms with E-state index in [1.807, 2.05) is 39.8 Å². The zero-order valence-electron chi connectivity index (χ0n) is 12.1. The highest BCUT2D eigenvalue weighted by Crippen LogP contribution is 2.27. The summed E-state index contributed by atoms with van der Waals surface area (Å²) in [6.07, 6.45) is 2.08. The molecule has 0 saturated carbocycles. The van der Waals surface area contributed by atoms with Crippen LogP contribution in [0.1, 0.15) is 39.2 Å². The average molecular weight is 252 g/mol. The van der Waals surface area contributed by atoms with E-state index in [1.165, 1.54) is 0 Å². The fourth-order valence-corrected chi connectivity index (χ4v) is 2.20. The van der Waals surface area contributed by atoms with Gasteiger partial charge in [-0.3, -0.25) is 9.59 Å². The van der Waals surface area contributed by atoms with E-state index in [9.17, 15) is 9.59 Å². The van der Waals surface area contributed by atoms with E-state index in [0.717, 1.165) is 25.9 Å². The number of nitrogens with zero attached hydrogens (tertiary/aromatic N) is 1. The second-order valence-corrected chi connectivity index (χ2v) is 5.86. The lowest BCUT2D eigenvalue weighted by atomic mass is 9.82. The second kappa shape index (κ2) is 5.65. The second-order valence-electron chi connectivity index (χ2n) is 5.86. The molecule has 0 saturated heterocycles. The molecule has 1 rings (SSSR count). The monoisotopic (exact) mass is 252 g/mol. The molecule has 1 aromatic rings. The molecule has 0 aliphatic heterocycles. The molecule has 0 amide bonds. The number of hydrogen-bond donors (Lipinski definition) is 1. The Kier molecular flexibility index (Phi) is 4.68. The molecule has 0 aliphatic rings. The molecule has 4 heteroatoms. The molecule has 4 nitrogen and oxygen atoms in total. The van der Waals surface area contributed by atoms with Gasteiger partial charge in [0.1, 0.15) is 0 Å². The Hall–Kier alpha value is -1.16. The van der Waals surface area contributed by atoms with Crippen LogP contribution in [0.3, 0.4) is 0 Å². The number of hydrogen-bond acceptors (Lipinski definition) is 4. The largest absolute Gasteiger partial charge is 0.371 e. The zero-order chi connectivity index (χ0) is 13.9. The van der Waals surface area contributed by atoms with Crippen molar-refractivity contribution in [3.8, 4) is 0 Å². The van der Waals surface area contributed by atoms with Gasteiger partial charge in [0.05, 0.1) is 5.69 Å². The van der Waals surface area contributed by atoms with Crippen LogP contribution < -0.4 is 21.1 Å². The molecule has 0 bridgehead atoms. The maximum Gasteiger partial charge on any atom is 0.249 e. The summed E-state index contributed by atoms with van der Waals surface area (Å²) in [5.41, 5.74) is 0.427. The summed E-state index contributed by atoms with van der Waals surface area (Å²) < 4.78 is 0. The van der Waals surface area contributed by atoms with Crippen molar-refractivity contribution in [1.82, 2.24) is 5.32 Å². The predicted molar refractivity (Wildman–Crippen MR) is 76.5 cm³/mol. The Morgan fingerprint density at radius 3 is 2.22 bits per heavy atom. The van der Waals surface area contributed by atoms with Gasteiger partial charge in [0, 0.05) is 19.2 Å². The van der Waals surface area contributed by atoms with Crippen LogP contribution in [-0.2, 0) is 5.41 Å². The Morgan fingerprint density at radius 2 is 1.72 bits per heavy atom. The van der Waals surface area contributed by atoms with Crippen molar-refractivity contribution in [2.75, 3.05) is 32.1 Å². The van der Waals surface area contributed by atoms with Gasteiger partial charge in [-0.15, -0.1) is 0 Å². The topological polar surface area (TPSA) is 49.4 Å². The third-order valence-electron chi connectivity index (χ3n) is 3.19. The van der Waals surface area contributed by atoms with Gasteiger partial charge in [-0.1, -0.05) is 20.8 Å². The molecule has 1 aromatic carbocycles. The Labute approximate surface area is 109 Å². The summed E-state index contributed by atoms with van der Waals surface area (Å²) in [6.45, 7) is 7.71. The Morgan fingerprint density at radius 1 is 1.11 bits per heavy atom. The van der Waals surface area contributed by atoms with Gasteiger partial charge in [-0.25, -0.2) is 0 Å². The highest BCUT2D eigenvalue weighted by molar-refractivity contribution is 5.60. The van der Waals surface area contributed by atoms with Crippen LogP contribution in [-0.4, -0.2) is 27.2 Å². The minimum atomic E-state index is -0.323. The van der Waals surface area contributed by atoms with Gasteiger partial charge in [-0.2, -0.15) is 0 Å². The lowest BCUT2D eigenvalue weighted by Gasteiger charge is -2.29. The van der Waals surface area contributed by atoms with Crippen LogP contribution in [0.25, 0.3) is 0 Å². The van der Waals surface area contributed by atoms with Gasteiger partial charge >= 0.3 is 0 Å². The summed E-state index contributed by atoms with van der Waals surface area (Å²) in [5, 5.41) is 3.10. The maximum atomic E-state index is 11.7. The minimum absolute atomic E-state index is 0.250. The molecular formula is C14H24N2O2. The molecule has 0 fully saturated rings. The summed E-state index contributed by atoms with van der Waals surface area (Å²) in [5.74, 6) is 0. The van der Waals surface area contributed by atoms with Gasteiger partial charge in [0.15, 0.2) is 0 Å². The van der Waals surface area contributed by atoms with Crippen molar-refractivity contribution in [2.45, 2.75) is 39.0 Å². The lowest BCUT2D eigenvalue weighted by molar-refractivity contribution is 0.573. The van der Waals surface area contributed by atoms with E-state index in [4.69, 9.17) is 0 Å². The molecule has 0 aliphatic carbocycles. The van der Waals surface area contributed by atoms with Gasteiger partial charge < -0.3 is 10.2 Å². The zero-order valence-corrected chi connectivity index (χ0v) is 12.1. The van der Waals surface area contributed by atoms with Crippen molar-refractivity contribution < 1.29 is 0 Å². The summed E-state index contributed by atoms with van der Waals surface area (Å²) in [4.78, 5) is 25.3. The van der Waals surface area contributed by atoms with E-state index in [-0.39, 0.29) is 16.3 Å². The summed E-state index contributed by atoms with van der Waals surface area (Å²) >= 11 is 0. The molecule has 0 spiro atoms. The molecule has 1 N–H and O–H groups in total. The van der Waals surface area contributed by atoms with Crippen LogP contribution in [0.4, 0.5) is 5.69 Å². The highest BCUT2D eigenvalue weighted by atomic mass is 16.2.